The zero-order valence-electron chi connectivity index (χ0n) is 16.3. The van der Waals surface area contributed by atoms with Gasteiger partial charge >= 0.3 is 0 Å². The average Bonchev–Trinajstić information content (AvgIpc) is 2.73. The molecule has 0 amide bonds. The molecule has 0 spiro atoms. The van der Waals surface area contributed by atoms with Gasteiger partial charge in [-0.3, -0.25) is 10.1 Å². The summed E-state index contributed by atoms with van der Waals surface area (Å²) in [5.41, 5.74) is 1.81. The molecule has 0 aliphatic carbocycles. The molecule has 0 aliphatic heterocycles. The summed E-state index contributed by atoms with van der Waals surface area (Å²) in [7, 11) is 1.59. The second-order valence-corrected chi connectivity index (χ2v) is 7.13. The number of nitro benzene ring substituents is 1. The number of aliphatic hydroxyl groups excluding tert-OH is 1. The summed E-state index contributed by atoms with van der Waals surface area (Å²) in [6.07, 6.45) is 0.931. The number of nitrogens with zero attached hydrogens (tertiary/aromatic N) is 1. The number of non-ortho nitro benzene ring substituents is 1. The van der Waals surface area contributed by atoms with Gasteiger partial charge in [-0.15, -0.1) is 0 Å². The Bertz CT molecular complexity index is 786. The number of methoxy groups -OCH3 is 1. The van der Waals surface area contributed by atoms with E-state index in [0.717, 1.165) is 35.1 Å². The van der Waals surface area contributed by atoms with E-state index in [1.54, 1.807) is 19.2 Å². The van der Waals surface area contributed by atoms with Gasteiger partial charge in [0.25, 0.3) is 5.69 Å². The van der Waals surface area contributed by atoms with Gasteiger partial charge in [0.15, 0.2) is 11.5 Å². The minimum atomic E-state index is -0.426. The number of nitro groups is 1. The fraction of sp³-hybridized carbons (Fsp3) is 0.400. The lowest BCUT2D eigenvalue weighted by atomic mass is 10.1. The Morgan fingerprint density at radius 3 is 2.48 bits per heavy atom. The van der Waals surface area contributed by atoms with Gasteiger partial charge in [-0.2, -0.15) is 0 Å². The van der Waals surface area contributed by atoms with Crippen LogP contribution in [-0.2, 0) is 13.2 Å². The van der Waals surface area contributed by atoms with Crippen LogP contribution in [0.3, 0.4) is 0 Å². The number of hydrogen-bond acceptors (Lipinski definition) is 7. The molecule has 8 nitrogen and oxygen atoms in total. The third kappa shape index (κ3) is 7.28. The summed E-state index contributed by atoms with van der Waals surface area (Å²) in [6, 6.07) is 10.0. The summed E-state index contributed by atoms with van der Waals surface area (Å²) in [5.74, 6) is 1.25. The van der Waals surface area contributed by atoms with Crippen molar-refractivity contribution in [3.8, 4) is 11.5 Å². The summed E-state index contributed by atoms with van der Waals surface area (Å²) in [4.78, 5) is 10.4. The molecule has 0 fully saturated rings. The van der Waals surface area contributed by atoms with E-state index in [1.165, 1.54) is 12.1 Å². The summed E-state index contributed by atoms with van der Waals surface area (Å²) in [6.45, 7) is 3.23. The van der Waals surface area contributed by atoms with Crippen LogP contribution in [0.2, 0.25) is 0 Å². The van der Waals surface area contributed by atoms with Crippen molar-refractivity contribution >= 4 is 21.6 Å². The third-order valence-electron chi connectivity index (χ3n) is 4.21. The van der Waals surface area contributed by atoms with Crippen LogP contribution in [0.15, 0.2) is 40.9 Å². The molecule has 0 heterocycles. The molecule has 158 valence electrons. The highest BCUT2D eigenvalue weighted by molar-refractivity contribution is 9.10. The van der Waals surface area contributed by atoms with Crippen LogP contribution in [0, 0.1) is 10.1 Å². The summed E-state index contributed by atoms with van der Waals surface area (Å²) >= 11 is 3.57. The van der Waals surface area contributed by atoms with Gasteiger partial charge in [-0.25, -0.2) is 0 Å². The maximum Gasteiger partial charge on any atom is 0.269 e. The van der Waals surface area contributed by atoms with Gasteiger partial charge in [0.1, 0.15) is 6.61 Å². The first-order valence-corrected chi connectivity index (χ1v) is 10.1. The molecule has 0 atom stereocenters. The topological polar surface area (TPSA) is 106 Å². The third-order valence-corrected chi connectivity index (χ3v) is 4.96. The van der Waals surface area contributed by atoms with Crippen molar-refractivity contribution in [2.24, 2.45) is 0 Å². The van der Waals surface area contributed by atoms with Crippen LogP contribution >= 0.6 is 15.9 Å². The van der Waals surface area contributed by atoms with E-state index in [-0.39, 0.29) is 18.9 Å². The lowest BCUT2D eigenvalue weighted by Crippen LogP contribution is -2.24. The van der Waals surface area contributed by atoms with Crippen LogP contribution < -0.4 is 20.1 Å². The van der Waals surface area contributed by atoms with Crippen molar-refractivity contribution in [1.82, 2.24) is 10.6 Å². The van der Waals surface area contributed by atoms with E-state index < -0.39 is 4.92 Å². The first kappa shape index (κ1) is 23.1. The predicted octanol–water partition coefficient (Wildman–Crippen LogP) is 3.01. The minimum Gasteiger partial charge on any atom is -0.493 e. The standard InChI is InChI=1S/C20H26BrN3O5/c1-28-19-8-7-18(21)17(13-23-10-2-9-22-11-12-25)20(19)29-14-15-3-5-16(6-4-15)24(26)27/h3-8,22-23,25H,2,9-14H2,1H3. The molecule has 2 aromatic carbocycles. The molecule has 3 N–H and O–H groups in total. The molecule has 29 heavy (non-hydrogen) atoms. The number of hydrogen-bond donors (Lipinski definition) is 3. The van der Waals surface area contributed by atoms with Crippen molar-refractivity contribution in [1.29, 1.82) is 0 Å². The normalized spacial score (nSPS) is 10.7. The molecular weight excluding hydrogens is 442 g/mol. The second-order valence-electron chi connectivity index (χ2n) is 6.27. The SMILES string of the molecule is COc1ccc(Br)c(CNCCCNCCO)c1OCc1ccc([N+](=O)[O-])cc1. The van der Waals surface area contributed by atoms with Crippen molar-refractivity contribution in [3.63, 3.8) is 0 Å². The van der Waals surface area contributed by atoms with Crippen LogP contribution in [0.5, 0.6) is 11.5 Å². The zero-order valence-corrected chi connectivity index (χ0v) is 17.9. The van der Waals surface area contributed by atoms with E-state index in [0.29, 0.717) is 24.6 Å². The molecule has 0 aromatic heterocycles. The van der Waals surface area contributed by atoms with E-state index >= 15 is 0 Å². The molecule has 0 radical (unpaired) electrons. The largest absolute Gasteiger partial charge is 0.493 e. The van der Waals surface area contributed by atoms with Gasteiger partial charge in [-0.05, 0) is 49.3 Å². The molecule has 0 bridgehead atoms. The first-order valence-electron chi connectivity index (χ1n) is 9.30. The van der Waals surface area contributed by atoms with Crippen molar-refractivity contribution < 1.29 is 19.5 Å². The van der Waals surface area contributed by atoms with Crippen LogP contribution in [-0.4, -0.2) is 43.4 Å². The van der Waals surface area contributed by atoms with Gasteiger partial charge in [0, 0.05) is 35.3 Å². The van der Waals surface area contributed by atoms with E-state index in [4.69, 9.17) is 14.6 Å². The van der Waals surface area contributed by atoms with Crippen LogP contribution in [0.1, 0.15) is 17.5 Å². The number of nitrogens with one attached hydrogen (secondary N) is 2. The Kier molecular flexibility index (Phi) is 9.85. The Hall–Kier alpha value is -2.20. The Morgan fingerprint density at radius 1 is 1.10 bits per heavy atom. The van der Waals surface area contributed by atoms with Crippen LogP contribution in [0.25, 0.3) is 0 Å². The highest BCUT2D eigenvalue weighted by Gasteiger charge is 2.15. The molecule has 9 heteroatoms. The maximum atomic E-state index is 10.8. The smallest absolute Gasteiger partial charge is 0.269 e. The Morgan fingerprint density at radius 2 is 1.83 bits per heavy atom. The molecule has 0 aliphatic rings. The highest BCUT2D eigenvalue weighted by atomic mass is 79.9. The van der Waals surface area contributed by atoms with Crippen molar-refractivity contribution in [2.75, 3.05) is 33.4 Å². The van der Waals surface area contributed by atoms with E-state index in [9.17, 15) is 10.1 Å². The minimum absolute atomic E-state index is 0.0483. The number of benzene rings is 2. The van der Waals surface area contributed by atoms with Crippen molar-refractivity contribution in [2.45, 2.75) is 19.6 Å². The molecule has 0 saturated carbocycles. The fourth-order valence-electron chi connectivity index (χ4n) is 2.69. The highest BCUT2D eigenvalue weighted by Crippen LogP contribution is 2.36. The predicted molar refractivity (Wildman–Crippen MR) is 114 cm³/mol. The molecule has 0 unspecified atom stereocenters. The lowest BCUT2D eigenvalue weighted by molar-refractivity contribution is -0.384. The quantitative estimate of drug-likeness (QED) is 0.236. The summed E-state index contributed by atoms with van der Waals surface area (Å²) in [5, 5.41) is 26.1. The van der Waals surface area contributed by atoms with Gasteiger partial charge < -0.3 is 25.2 Å². The number of rotatable bonds is 13. The maximum absolute atomic E-state index is 10.8. The zero-order chi connectivity index (χ0) is 21.1. The number of aliphatic hydroxyl groups is 1. The molecule has 0 saturated heterocycles. The average molecular weight is 468 g/mol. The van der Waals surface area contributed by atoms with Crippen LogP contribution in [0.4, 0.5) is 5.69 Å². The Labute approximate surface area is 178 Å². The van der Waals surface area contributed by atoms with E-state index in [1.807, 2.05) is 12.1 Å². The fourth-order valence-corrected chi connectivity index (χ4v) is 3.14. The lowest BCUT2D eigenvalue weighted by Gasteiger charge is -2.17. The first-order chi connectivity index (χ1) is 14.1. The molecule has 2 aromatic rings. The second kappa shape index (κ2) is 12.4. The molecule has 2 rings (SSSR count). The van der Waals surface area contributed by atoms with Gasteiger partial charge in [0.2, 0.25) is 0 Å². The number of ether oxygens (including phenoxy) is 2. The molecular formula is C20H26BrN3O5. The van der Waals surface area contributed by atoms with Crippen molar-refractivity contribution in [3.05, 3.63) is 62.1 Å². The number of halogens is 1. The van der Waals surface area contributed by atoms with E-state index in [2.05, 4.69) is 26.6 Å². The van der Waals surface area contributed by atoms with Gasteiger partial charge in [-0.1, -0.05) is 15.9 Å². The summed E-state index contributed by atoms with van der Waals surface area (Å²) < 4.78 is 12.4. The monoisotopic (exact) mass is 467 g/mol. The Balaban J connectivity index is 2.01. The van der Waals surface area contributed by atoms with Gasteiger partial charge in [0.05, 0.1) is 18.6 Å².